The van der Waals surface area contributed by atoms with Crippen molar-refractivity contribution >= 4 is 29.3 Å². The van der Waals surface area contributed by atoms with Crippen LogP contribution in [0.1, 0.15) is 48.4 Å². The zero-order valence-corrected chi connectivity index (χ0v) is 17.7. The molecule has 0 aliphatic heterocycles. The van der Waals surface area contributed by atoms with Crippen molar-refractivity contribution in [3.8, 4) is 0 Å². The SMILES string of the molecule is CCCn1c(=O)c2c(nc(C=Cc3ccc(C(=O)OC)cc3)n2C)n(CCC)c1=O. The number of hydrogen-bond donors (Lipinski definition) is 0. The number of methoxy groups -OCH3 is 1. The van der Waals surface area contributed by atoms with Gasteiger partial charge < -0.3 is 9.30 Å². The number of hydrogen-bond acceptors (Lipinski definition) is 5. The molecule has 0 atom stereocenters. The second-order valence-electron chi connectivity index (χ2n) is 7.04. The van der Waals surface area contributed by atoms with E-state index in [9.17, 15) is 14.4 Å². The first-order valence-electron chi connectivity index (χ1n) is 9.99. The molecular formula is C22H26N4O4. The number of carbonyl (C=O) groups is 1. The lowest BCUT2D eigenvalue weighted by atomic mass is 10.1. The molecule has 0 aliphatic carbocycles. The van der Waals surface area contributed by atoms with Crippen LogP contribution in [0, 0.1) is 0 Å². The quantitative estimate of drug-likeness (QED) is 0.559. The van der Waals surface area contributed by atoms with Crippen LogP contribution < -0.4 is 11.2 Å². The maximum absolute atomic E-state index is 13.0. The summed E-state index contributed by atoms with van der Waals surface area (Å²) in [6.45, 7) is 4.78. The fourth-order valence-electron chi connectivity index (χ4n) is 3.39. The van der Waals surface area contributed by atoms with Gasteiger partial charge in [0, 0.05) is 20.1 Å². The lowest BCUT2D eigenvalue weighted by Crippen LogP contribution is -2.40. The summed E-state index contributed by atoms with van der Waals surface area (Å²) in [6.07, 6.45) is 5.08. The smallest absolute Gasteiger partial charge is 0.337 e. The molecule has 0 amide bonds. The predicted molar refractivity (Wildman–Crippen MR) is 117 cm³/mol. The van der Waals surface area contributed by atoms with Crippen molar-refractivity contribution in [1.82, 2.24) is 18.7 Å². The Bertz CT molecular complexity index is 1210. The van der Waals surface area contributed by atoms with Gasteiger partial charge in [-0.1, -0.05) is 32.1 Å². The zero-order valence-electron chi connectivity index (χ0n) is 17.7. The maximum Gasteiger partial charge on any atom is 0.337 e. The highest BCUT2D eigenvalue weighted by atomic mass is 16.5. The molecule has 30 heavy (non-hydrogen) atoms. The van der Waals surface area contributed by atoms with Gasteiger partial charge in [0.05, 0.1) is 12.7 Å². The van der Waals surface area contributed by atoms with E-state index in [0.717, 1.165) is 12.0 Å². The van der Waals surface area contributed by atoms with E-state index in [2.05, 4.69) is 4.98 Å². The fourth-order valence-corrected chi connectivity index (χ4v) is 3.39. The van der Waals surface area contributed by atoms with E-state index >= 15 is 0 Å². The highest BCUT2D eigenvalue weighted by Gasteiger charge is 2.18. The summed E-state index contributed by atoms with van der Waals surface area (Å²) in [7, 11) is 3.11. The molecule has 3 rings (SSSR count). The summed E-state index contributed by atoms with van der Waals surface area (Å²) in [5.74, 6) is 0.177. The number of aryl methyl sites for hydroxylation is 2. The van der Waals surface area contributed by atoms with Crippen molar-refractivity contribution in [2.45, 2.75) is 39.8 Å². The maximum atomic E-state index is 13.0. The van der Waals surface area contributed by atoms with Crippen molar-refractivity contribution in [2.24, 2.45) is 7.05 Å². The summed E-state index contributed by atoms with van der Waals surface area (Å²) < 4.78 is 9.29. The molecule has 0 spiro atoms. The van der Waals surface area contributed by atoms with Gasteiger partial charge >= 0.3 is 11.7 Å². The number of rotatable bonds is 7. The highest BCUT2D eigenvalue weighted by Crippen LogP contribution is 2.14. The van der Waals surface area contributed by atoms with Crippen molar-refractivity contribution in [1.29, 1.82) is 0 Å². The van der Waals surface area contributed by atoms with Gasteiger partial charge in [0.1, 0.15) is 5.82 Å². The van der Waals surface area contributed by atoms with Gasteiger partial charge in [-0.15, -0.1) is 0 Å². The van der Waals surface area contributed by atoms with Gasteiger partial charge in [-0.05, 0) is 36.6 Å². The van der Waals surface area contributed by atoms with E-state index in [1.165, 1.54) is 11.7 Å². The van der Waals surface area contributed by atoms with Crippen LogP contribution in [0.2, 0.25) is 0 Å². The Labute approximate surface area is 174 Å². The highest BCUT2D eigenvalue weighted by molar-refractivity contribution is 5.89. The number of imidazole rings is 1. The number of aromatic nitrogens is 4. The Kier molecular flexibility index (Phi) is 6.34. The largest absolute Gasteiger partial charge is 0.465 e. The molecule has 0 aliphatic rings. The monoisotopic (exact) mass is 410 g/mol. The van der Waals surface area contributed by atoms with Gasteiger partial charge in [0.25, 0.3) is 5.56 Å². The molecule has 0 bridgehead atoms. The van der Waals surface area contributed by atoms with Crippen LogP contribution >= 0.6 is 0 Å². The Balaban J connectivity index is 2.08. The second-order valence-corrected chi connectivity index (χ2v) is 7.04. The van der Waals surface area contributed by atoms with E-state index in [-0.39, 0.29) is 11.2 Å². The first-order chi connectivity index (χ1) is 14.4. The van der Waals surface area contributed by atoms with Gasteiger partial charge in [0.2, 0.25) is 0 Å². The minimum Gasteiger partial charge on any atom is -0.465 e. The van der Waals surface area contributed by atoms with Crippen LogP contribution in [0.25, 0.3) is 23.3 Å². The van der Waals surface area contributed by atoms with E-state index in [1.807, 2.05) is 19.9 Å². The number of ether oxygens (including phenoxy) is 1. The first kappa shape index (κ1) is 21.3. The van der Waals surface area contributed by atoms with Gasteiger partial charge in [-0.3, -0.25) is 13.9 Å². The lowest BCUT2D eigenvalue weighted by Gasteiger charge is -2.10. The summed E-state index contributed by atoms with van der Waals surface area (Å²) in [6, 6.07) is 6.96. The zero-order chi connectivity index (χ0) is 21.8. The Hall–Kier alpha value is -3.42. The average molecular weight is 410 g/mol. The number of esters is 1. The topological polar surface area (TPSA) is 88.1 Å². The van der Waals surface area contributed by atoms with Crippen LogP contribution in [0.4, 0.5) is 0 Å². The van der Waals surface area contributed by atoms with Crippen LogP contribution in [0.3, 0.4) is 0 Å². The first-order valence-corrected chi connectivity index (χ1v) is 9.99. The molecule has 2 heterocycles. The van der Waals surface area contributed by atoms with Gasteiger partial charge in [-0.2, -0.15) is 0 Å². The predicted octanol–water partition coefficient (Wildman–Crippen LogP) is 2.67. The molecule has 0 unspecified atom stereocenters. The van der Waals surface area contributed by atoms with Crippen LogP contribution in [-0.2, 0) is 24.9 Å². The molecule has 8 heteroatoms. The Morgan fingerprint density at radius 2 is 1.67 bits per heavy atom. The minimum atomic E-state index is -0.391. The molecule has 1 aromatic carbocycles. The number of fused-ring (bicyclic) bond motifs is 1. The normalized spacial score (nSPS) is 11.5. The standard InChI is InChI=1S/C22H26N4O4/c1-5-13-25-19-18(20(27)26(14-6-2)22(25)29)24(3)17(23-19)12-9-15-7-10-16(11-8-15)21(28)30-4/h7-12H,5-6,13-14H2,1-4H3. The van der Waals surface area contributed by atoms with Crippen LogP contribution in [0.5, 0.6) is 0 Å². The molecule has 3 aromatic rings. The third-order valence-electron chi connectivity index (χ3n) is 4.93. The second kappa shape index (κ2) is 8.94. The van der Waals surface area contributed by atoms with Crippen molar-refractivity contribution in [3.05, 3.63) is 62.1 Å². The number of benzene rings is 1. The summed E-state index contributed by atoms with van der Waals surface area (Å²) in [5, 5.41) is 0. The van der Waals surface area contributed by atoms with Gasteiger partial charge in [-0.25, -0.2) is 14.6 Å². The molecule has 8 nitrogen and oxygen atoms in total. The molecule has 0 saturated heterocycles. The molecule has 0 saturated carbocycles. The molecular weight excluding hydrogens is 384 g/mol. The summed E-state index contributed by atoms with van der Waals surface area (Å²) in [4.78, 5) is 41.9. The van der Waals surface area contributed by atoms with E-state index in [4.69, 9.17) is 4.74 Å². The van der Waals surface area contributed by atoms with E-state index in [1.54, 1.807) is 46.5 Å². The van der Waals surface area contributed by atoms with E-state index < -0.39 is 5.97 Å². The van der Waals surface area contributed by atoms with Crippen LogP contribution in [0.15, 0.2) is 33.9 Å². The minimum absolute atomic E-state index is 0.316. The third kappa shape index (κ3) is 3.85. The van der Waals surface area contributed by atoms with Crippen molar-refractivity contribution in [2.75, 3.05) is 7.11 Å². The summed E-state index contributed by atoms with van der Waals surface area (Å²) >= 11 is 0. The Morgan fingerprint density at radius 3 is 2.27 bits per heavy atom. The molecule has 158 valence electrons. The fraction of sp³-hybridized carbons (Fsp3) is 0.364. The molecule has 0 N–H and O–H groups in total. The summed E-state index contributed by atoms with van der Waals surface area (Å²) in [5.41, 5.74) is 1.52. The molecule has 0 fully saturated rings. The number of nitrogens with zero attached hydrogens (tertiary/aromatic N) is 4. The third-order valence-corrected chi connectivity index (χ3v) is 4.93. The Morgan fingerprint density at radius 1 is 1.03 bits per heavy atom. The lowest BCUT2D eigenvalue weighted by molar-refractivity contribution is 0.0600. The number of carbonyl (C=O) groups excluding carboxylic acids is 1. The van der Waals surface area contributed by atoms with Crippen molar-refractivity contribution in [3.63, 3.8) is 0 Å². The van der Waals surface area contributed by atoms with Gasteiger partial charge in [0.15, 0.2) is 11.2 Å². The van der Waals surface area contributed by atoms with Crippen LogP contribution in [-0.4, -0.2) is 31.8 Å². The molecule has 0 radical (unpaired) electrons. The van der Waals surface area contributed by atoms with Crippen molar-refractivity contribution < 1.29 is 9.53 Å². The molecule has 2 aromatic heterocycles. The average Bonchev–Trinajstić information content (AvgIpc) is 3.08. The van der Waals surface area contributed by atoms with E-state index in [0.29, 0.717) is 42.1 Å².